The van der Waals surface area contributed by atoms with Crippen LogP contribution in [0.15, 0.2) is 29.4 Å². The Kier molecular flexibility index (Phi) is 4.48. The van der Waals surface area contributed by atoms with E-state index in [9.17, 15) is 4.79 Å². The van der Waals surface area contributed by atoms with Crippen LogP contribution >= 0.6 is 11.8 Å². The number of amides is 1. The number of carbonyl (C=O) groups is 1. The maximum absolute atomic E-state index is 12.6. The molecule has 1 unspecified atom stereocenters. The summed E-state index contributed by atoms with van der Waals surface area (Å²) in [6, 6.07) is 8.07. The Labute approximate surface area is 144 Å². The lowest BCUT2D eigenvalue weighted by atomic mass is 10.2. The molecular formula is C16H19N5O2S. The van der Waals surface area contributed by atoms with Crippen molar-refractivity contribution < 1.29 is 9.53 Å². The number of benzene rings is 1. The van der Waals surface area contributed by atoms with Gasteiger partial charge in [0.05, 0.1) is 18.4 Å². The van der Waals surface area contributed by atoms with E-state index in [0.717, 1.165) is 38.1 Å². The summed E-state index contributed by atoms with van der Waals surface area (Å²) in [6.45, 7) is 2.21. The predicted molar refractivity (Wildman–Crippen MR) is 90.0 cm³/mol. The lowest BCUT2D eigenvalue weighted by Crippen LogP contribution is -2.30. The van der Waals surface area contributed by atoms with Crippen LogP contribution in [0.25, 0.3) is 0 Å². The van der Waals surface area contributed by atoms with Crippen molar-refractivity contribution in [1.29, 1.82) is 0 Å². The van der Waals surface area contributed by atoms with Gasteiger partial charge in [-0.05, 0) is 41.3 Å². The van der Waals surface area contributed by atoms with Crippen LogP contribution in [0.3, 0.4) is 0 Å². The zero-order chi connectivity index (χ0) is 16.4. The smallest absolute Gasteiger partial charge is 0.237 e. The summed E-state index contributed by atoms with van der Waals surface area (Å²) in [5.74, 6) is 0.428. The first kappa shape index (κ1) is 15.6. The van der Waals surface area contributed by atoms with E-state index >= 15 is 0 Å². The number of ether oxygens (including phenoxy) is 1. The summed E-state index contributed by atoms with van der Waals surface area (Å²) in [4.78, 5) is 14.4. The average molecular weight is 345 g/mol. The van der Waals surface area contributed by atoms with Gasteiger partial charge in [0.2, 0.25) is 11.1 Å². The SMILES string of the molecule is O=C(CSc1nnnn1CC1CCCO1)N1CCc2ccccc21. The second-order valence-corrected chi connectivity index (χ2v) is 6.93. The van der Waals surface area contributed by atoms with E-state index < -0.39 is 0 Å². The summed E-state index contributed by atoms with van der Waals surface area (Å²) >= 11 is 1.39. The van der Waals surface area contributed by atoms with E-state index in [0.29, 0.717) is 17.5 Å². The number of fused-ring (bicyclic) bond motifs is 1. The summed E-state index contributed by atoms with van der Waals surface area (Å²) in [5.41, 5.74) is 2.26. The Morgan fingerprint density at radius 3 is 3.17 bits per heavy atom. The Hall–Kier alpha value is -1.93. The molecule has 0 radical (unpaired) electrons. The Balaban J connectivity index is 1.37. The summed E-state index contributed by atoms with van der Waals surface area (Å²) < 4.78 is 7.37. The minimum absolute atomic E-state index is 0.0941. The predicted octanol–water partition coefficient (Wildman–Crippen LogP) is 1.53. The van der Waals surface area contributed by atoms with E-state index in [4.69, 9.17) is 4.74 Å². The second-order valence-electron chi connectivity index (χ2n) is 5.99. The molecule has 2 aliphatic rings. The molecule has 24 heavy (non-hydrogen) atoms. The van der Waals surface area contributed by atoms with E-state index in [2.05, 4.69) is 21.6 Å². The minimum atomic E-state index is 0.0941. The van der Waals surface area contributed by atoms with Gasteiger partial charge in [0.15, 0.2) is 0 Å². The lowest BCUT2D eigenvalue weighted by Gasteiger charge is -2.17. The van der Waals surface area contributed by atoms with Crippen LogP contribution in [0.1, 0.15) is 18.4 Å². The fourth-order valence-corrected chi connectivity index (χ4v) is 3.96. The molecule has 4 rings (SSSR count). The summed E-state index contributed by atoms with van der Waals surface area (Å²) in [7, 11) is 0. The molecule has 3 heterocycles. The van der Waals surface area contributed by atoms with Crippen molar-refractivity contribution in [3.05, 3.63) is 29.8 Å². The van der Waals surface area contributed by atoms with Crippen LogP contribution < -0.4 is 4.90 Å². The molecule has 0 bridgehead atoms. The third-order valence-corrected chi connectivity index (χ3v) is 5.35. The third kappa shape index (κ3) is 3.16. The number of para-hydroxylation sites is 1. The molecule has 7 nitrogen and oxygen atoms in total. The van der Waals surface area contributed by atoms with E-state index in [1.165, 1.54) is 17.3 Å². The van der Waals surface area contributed by atoms with Crippen LogP contribution in [-0.4, -0.2) is 51.1 Å². The van der Waals surface area contributed by atoms with Crippen LogP contribution in [0.2, 0.25) is 0 Å². The van der Waals surface area contributed by atoms with E-state index in [1.54, 1.807) is 4.68 Å². The zero-order valence-electron chi connectivity index (χ0n) is 13.3. The molecule has 1 saturated heterocycles. The Morgan fingerprint density at radius 2 is 2.29 bits per heavy atom. The number of anilines is 1. The van der Waals surface area contributed by atoms with Gasteiger partial charge in [-0.25, -0.2) is 4.68 Å². The highest BCUT2D eigenvalue weighted by molar-refractivity contribution is 7.99. The number of thioether (sulfide) groups is 1. The van der Waals surface area contributed by atoms with E-state index in [1.807, 2.05) is 23.1 Å². The molecule has 1 amide bonds. The highest BCUT2D eigenvalue weighted by Crippen LogP contribution is 2.28. The van der Waals surface area contributed by atoms with Crippen molar-refractivity contribution in [3.63, 3.8) is 0 Å². The topological polar surface area (TPSA) is 73.1 Å². The van der Waals surface area contributed by atoms with Crippen molar-refractivity contribution in [2.75, 3.05) is 23.8 Å². The van der Waals surface area contributed by atoms with Gasteiger partial charge < -0.3 is 9.64 Å². The normalized spacial score (nSPS) is 19.7. The first-order valence-corrected chi connectivity index (χ1v) is 9.18. The number of carbonyl (C=O) groups excluding carboxylic acids is 1. The van der Waals surface area contributed by atoms with Crippen LogP contribution in [0, 0.1) is 0 Å². The molecule has 2 aliphatic heterocycles. The van der Waals surface area contributed by atoms with Crippen molar-refractivity contribution >= 4 is 23.4 Å². The van der Waals surface area contributed by atoms with Gasteiger partial charge >= 0.3 is 0 Å². The second kappa shape index (κ2) is 6.90. The zero-order valence-corrected chi connectivity index (χ0v) is 14.1. The molecule has 0 saturated carbocycles. The highest BCUT2D eigenvalue weighted by atomic mass is 32.2. The van der Waals surface area contributed by atoms with Gasteiger partial charge in [-0.1, -0.05) is 30.0 Å². The molecule has 0 N–H and O–H groups in total. The monoisotopic (exact) mass is 345 g/mol. The van der Waals surface area contributed by atoms with Gasteiger partial charge in [0.25, 0.3) is 0 Å². The third-order valence-electron chi connectivity index (χ3n) is 4.41. The fraction of sp³-hybridized carbons (Fsp3) is 0.500. The number of hydrogen-bond donors (Lipinski definition) is 0. The standard InChI is InChI=1S/C16H19N5O2S/c22-15(20-8-7-12-4-1-2-6-14(12)20)11-24-16-17-18-19-21(16)10-13-5-3-9-23-13/h1-2,4,6,13H,3,5,7-11H2. The first-order valence-electron chi connectivity index (χ1n) is 8.20. The van der Waals surface area contributed by atoms with Gasteiger partial charge in [0.1, 0.15) is 0 Å². The van der Waals surface area contributed by atoms with Crippen molar-refractivity contribution in [2.24, 2.45) is 0 Å². The van der Waals surface area contributed by atoms with Gasteiger partial charge in [0, 0.05) is 18.8 Å². The maximum atomic E-state index is 12.6. The number of aromatic nitrogens is 4. The number of hydrogen-bond acceptors (Lipinski definition) is 6. The molecule has 8 heteroatoms. The maximum Gasteiger partial charge on any atom is 0.237 e. The molecule has 1 aromatic heterocycles. The number of nitrogens with zero attached hydrogens (tertiary/aromatic N) is 5. The van der Waals surface area contributed by atoms with Crippen molar-refractivity contribution in [3.8, 4) is 0 Å². The Morgan fingerprint density at radius 1 is 1.38 bits per heavy atom. The van der Waals surface area contributed by atoms with Gasteiger partial charge in [-0.3, -0.25) is 4.79 Å². The summed E-state index contributed by atoms with van der Waals surface area (Å²) in [5, 5.41) is 12.5. The highest BCUT2D eigenvalue weighted by Gasteiger charge is 2.25. The first-order chi connectivity index (χ1) is 11.8. The minimum Gasteiger partial charge on any atom is -0.376 e. The molecule has 1 atom stereocenters. The Bertz CT molecular complexity index is 729. The molecule has 1 aromatic carbocycles. The van der Waals surface area contributed by atoms with Gasteiger partial charge in [-0.15, -0.1) is 5.10 Å². The molecule has 0 aliphatic carbocycles. The molecule has 0 spiro atoms. The van der Waals surface area contributed by atoms with Gasteiger partial charge in [-0.2, -0.15) is 0 Å². The molecule has 126 valence electrons. The van der Waals surface area contributed by atoms with Crippen LogP contribution in [0.5, 0.6) is 0 Å². The largest absolute Gasteiger partial charge is 0.376 e. The average Bonchev–Trinajstić information content (AvgIpc) is 3.34. The number of rotatable bonds is 5. The quantitative estimate of drug-likeness (QED) is 0.765. The van der Waals surface area contributed by atoms with Crippen molar-refractivity contribution in [1.82, 2.24) is 20.2 Å². The lowest BCUT2D eigenvalue weighted by molar-refractivity contribution is -0.116. The fourth-order valence-electron chi connectivity index (χ4n) is 3.20. The molecular weight excluding hydrogens is 326 g/mol. The van der Waals surface area contributed by atoms with E-state index in [-0.39, 0.29) is 12.0 Å². The number of tetrazole rings is 1. The molecule has 1 fully saturated rings. The molecule has 2 aromatic rings. The van der Waals surface area contributed by atoms with Crippen LogP contribution in [0.4, 0.5) is 5.69 Å². The van der Waals surface area contributed by atoms with Crippen LogP contribution in [-0.2, 0) is 22.5 Å². The van der Waals surface area contributed by atoms with Crippen molar-refractivity contribution in [2.45, 2.75) is 37.1 Å². The summed E-state index contributed by atoms with van der Waals surface area (Å²) in [6.07, 6.45) is 3.22.